The van der Waals surface area contributed by atoms with Gasteiger partial charge in [0.05, 0.1) is 0 Å². The molecule has 1 unspecified atom stereocenters. The molecular formula is C73H54BNO. The van der Waals surface area contributed by atoms with Crippen LogP contribution in [0.1, 0.15) is 75.3 Å². The topological polar surface area (TPSA) is 18.1 Å². The van der Waals surface area contributed by atoms with Crippen molar-refractivity contribution in [2.75, 3.05) is 0 Å². The van der Waals surface area contributed by atoms with E-state index in [-0.39, 0.29) is 23.6 Å². The molecule has 1 atom stereocenters. The number of nitrogens with zero attached hydrogens (tertiary/aromatic N) is 1. The molecule has 76 heavy (non-hydrogen) atoms. The highest BCUT2D eigenvalue weighted by atomic mass is 16.3. The highest BCUT2D eigenvalue weighted by Gasteiger charge is 2.46. The Bertz CT molecular complexity index is 4770. The van der Waals surface area contributed by atoms with Crippen LogP contribution in [-0.4, -0.2) is 11.3 Å². The Morgan fingerprint density at radius 1 is 0.408 bits per heavy atom. The van der Waals surface area contributed by atoms with Crippen molar-refractivity contribution in [3.63, 3.8) is 0 Å². The van der Waals surface area contributed by atoms with Gasteiger partial charge in [0.15, 0.2) is 0 Å². The van der Waals surface area contributed by atoms with Gasteiger partial charge in [-0.1, -0.05) is 199 Å². The van der Waals surface area contributed by atoms with Crippen molar-refractivity contribution >= 4 is 105 Å². The summed E-state index contributed by atoms with van der Waals surface area (Å²) in [6.07, 6.45) is 0. The quantitative estimate of drug-likeness (QED) is 0.0980. The Balaban J connectivity index is 1.11. The molecule has 0 fully saturated rings. The van der Waals surface area contributed by atoms with Crippen molar-refractivity contribution in [2.45, 2.75) is 58.3 Å². The van der Waals surface area contributed by atoms with E-state index >= 15 is 0 Å². The fourth-order valence-corrected chi connectivity index (χ4v) is 13.8. The Morgan fingerprint density at radius 3 is 1.58 bits per heavy atom. The predicted octanol–water partition coefficient (Wildman–Crippen LogP) is 18.4. The van der Waals surface area contributed by atoms with E-state index in [1.807, 2.05) is 0 Å². The molecule has 0 aliphatic carbocycles. The molecule has 0 spiro atoms. The average Bonchev–Trinajstić information content (AvgIpc) is 4.11. The Kier molecular flexibility index (Phi) is 8.90. The summed E-state index contributed by atoms with van der Waals surface area (Å²) in [6, 6.07) is 81.1. The zero-order valence-corrected chi connectivity index (χ0v) is 43.7. The molecule has 0 radical (unpaired) electrons. The van der Waals surface area contributed by atoms with Crippen molar-refractivity contribution in [3.05, 3.63) is 240 Å². The number of hydrogen-bond donors (Lipinski definition) is 0. The number of hydrogen-bond acceptors (Lipinski definition) is 1. The van der Waals surface area contributed by atoms with Gasteiger partial charge in [-0.3, -0.25) is 0 Å². The third kappa shape index (κ3) is 6.17. The summed E-state index contributed by atoms with van der Waals surface area (Å²) in [7, 11) is 0. The second-order valence-electron chi connectivity index (χ2n) is 24.0. The fourth-order valence-electron chi connectivity index (χ4n) is 13.8. The first-order valence-corrected chi connectivity index (χ1v) is 27.1. The lowest BCUT2D eigenvalue weighted by atomic mass is 9.41. The lowest BCUT2D eigenvalue weighted by molar-refractivity contribution is 0.590. The van der Waals surface area contributed by atoms with E-state index in [1.165, 1.54) is 137 Å². The van der Waals surface area contributed by atoms with Crippen LogP contribution in [0.4, 0.5) is 0 Å². The molecule has 2 aromatic heterocycles. The normalized spacial score (nSPS) is 14.3. The first-order chi connectivity index (χ1) is 36.9. The van der Waals surface area contributed by atoms with Crippen molar-refractivity contribution in [2.24, 2.45) is 0 Å². The van der Waals surface area contributed by atoms with Crippen LogP contribution in [-0.2, 0) is 10.8 Å². The standard InChI is InChI=1S/C73H54BNO/c1-72(2,3)49-29-30-65-58(38-49)59-39-50(73(4,5)6)40-63-68-69-62(41-60-55-27-17-18-28-66(55)76-71(60)68)67(48-32-44(42-19-9-7-10-20-42)31-45(33-48)43-21-11-8-12-22-43)61-36-46-34-56-53-25-15-13-23-51(53)52-24-14-16-26-54(52)57(56)35-47(46)37-64(61)74(69)75(65)70(59)63/h7-41,67H,1-6H3. The summed E-state index contributed by atoms with van der Waals surface area (Å²) in [5.74, 6) is -0.130. The molecule has 0 saturated heterocycles. The smallest absolute Gasteiger partial charge is 0.329 e. The van der Waals surface area contributed by atoms with Gasteiger partial charge in [0.25, 0.3) is 0 Å². The van der Waals surface area contributed by atoms with Crippen LogP contribution in [0.25, 0.3) is 120 Å². The molecule has 2 aliphatic heterocycles. The summed E-state index contributed by atoms with van der Waals surface area (Å²) in [5.41, 5.74) is 20.9. The Hall–Kier alpha value is -8.66. The zero-order chi connectivity index (χ0) is 50.9. The molecule has 2 aliphatic rings. The number of benzene rings is 12. The van der Waals surface area contributed by atoms with E-state index in [1.54, 1.807) is 0 Å². The van der Waals surface area contributed by atoms with Crippen molar-refractivity contribution in [1.82, 2.24) is 4.48 Å². The van der Waals surface area contributed by atoms with Crippen molar-refractivity contribution < 1.29 is 4.42 Å². The molecule has 2 nitrogen and oxygen atoms in total. The summed E-state index contributed by atoms with van der Waals surface area (Å²) in [5, 5.41) is 15.2. The molecule has 360 valence electrons. The van der Waals surface area contributed by atoms with Crippen molar-refractivity contribution in [3.8, 4) is 33.4 Å². The van der Waals surface area contributed by atoms with Gasteiger partial charge >= 0.3 is 6.85 Å². The van der Waals surface area contributed by atoms with Crippen LogP contribution >= 0.6 is 0 Å². The maximum atomic E-state index is 7.30. The molecular weight excluding hydrogens is 918 g/mol. The minimum atomic E-state index is -0.151. The van der Waals surface area contributed by atoms with Gasteiger partial charge in [-0.25, -0.2) is 0 Å². The number of fused-ring (bicyclic) bond motifs is 18. The first kappa shape index (κ1) is 43.7. The van der Waals surface area contributed by atoms with Crippen LogP contribution in [0.15, 0.2) is 217 Å². The Morgan fingerprint density at radius 2 is 0.961 bits per heavy atom. The maximum Gasteiger partial charge on any atom is 0.329 e. The minimum absolute atomic E-state index is 0.0292. The predicted molar refractivity (Wildman–Crippen MR) is 325 cm³/mol. The zero-order valence-electron chi connectivity index (χ0n) is 43.7. The SMILES string of the molecule is CC(C)(C)c1ccc2c(c1)c1cc(C(C)(C)C)cc3c1n2B1c2cc4cc5c6ccccc6c6ccccc6c5cc4cc2C(c2cc(-c4ccccc4)cc(-c4ccccc4)c2)c2cc4c(oc5ccccc54)c-3c21. The number of furan rings is 1. The van der Waals surface area contributed by atoms with Crippen LogP contribution in [0.2, 0.25) is 0 Å². The lowest BCUT2D eigenvalue weighted by Crippen LogP contribution is -2.57. The van der Waals surface area contributed by atoms with Gasteiger partial charge in [-0.15, -0.1) is 0 Å². The molecule has 0 saturated carbocycles. The fraction of sp³-hybridized carbons (Fsp3) is 0.123. The molecule has 0 amide bonds. The van der Waals surface area contributed by atoms with Crippen LogP contribution < -0.4 is 10.9 Å². The third-order valence-corrected chi connectivity index (χ3v) is 17.5. The highest BCUT2D eigenvalue weighted by molar-refractivity contribution is 6.88. The summed E-state index contributed by atoms with van der Waals surface area (Å²) >= 11 is 0. The third-order valence-electron chi connectivity index (χ3n) is 17.5. The largest absolute Gasteiger partial charge is 0.455 e. The van der Waals surface area contributed by atoms with Gasteiger partial charge in [-0.05, 0) is 170 Å². The van der Waals surface area contributed by atoms with Gasteiger partial charge < -0.3 is 8.90 Å². The molecule has 0 N–H and O–H groups in total. The van der Waals surface area contributed by atoms with E-state index in [4.69, 9.17) is 4.42 Å². The van der Waals surface area contributed by atoms with E-state index in [9.17, 15) is 0 Å². The van der Waals surface area contributed by atoms with E-state index in [0.29, 0.717) is 0 Å². The number of rotatable bonds is 3. The summed E-state index contributed by atoms with van der Waals surface area (Å²) in [4.78, 5) is 0. The molecule has 3 heteroatoms. The van der Waals surface area contributed by atoms with E-state index < -0.39 is 0 Å². The van der Waals surface area contributed by atoms with Crippen molar-refractivity contribution in [1.29, 1.82) is 0 Å². The second-order valence-corrected chi connectivity index (χ2v) is 24.0. The van der Waals surface area contributed by atoms with Crippen LogP contribution in [0.5, 0.6) is 0 Å². The van der Waals surface area contributed by atoms with E-state index in [0.717, 1.165) is 21.9 Å². The van der Waals surface area contributed by atoms with Gasteiger partial charge in [0.1, 0.15) is 11.2 Å². The van der Waals surface area contributed by atoms with Gasteiger partial charge in [0.2, 0.25) is 0 Å². The first-order valence-electron chi connectivity index (χ1n) is 27.1. The van der Waals surface area contributed by atoms with Gasteiger partial charge in [-0.2, -0.15) is 0 Å². The highest BCUT2D eigenvalue weighted by Crippen LogP contribution is 2.51. The van der Waals surface area contributed by atoms with Crippen LogP contribution in [0, 0.1) is 0 Å². The second kappa shape index (κ2) is 15.5. The summed E-state index contributed by atoms with van der Waals surface area (Å²) < 4.78 is 10.1. The molecule has 0 bridgehead atoms. The average molecular weight is 972 g/mol. The monoisotopic (exact) mass is 971 g/mol. The van der Waals surface area contributed by atoms with Crippen LogP contribution in [0.3, 0.4) is 0 Å². The Labute approximate surface area is 443 Å². The molecule has 16 rings (SSSR count). The minimum Gasteiger partial charge on any atom is -0.455 e. The van der Waals surface area contributed by atoms with E-state index in [2.05, 4.69) is 258 Å². The molecule has 12 aromatic carbocycles. The summed E-state index contributed by atoms with van der Waals surface area (Å²) in [6.45, 7) is 14.0. The maximum absolute atomic E-state index is 7.30. The number of aromatic nitrogens is 1. The lowest BCUT2D eigenvalue weighted by Gasteiger charge is -2.39. The molecule has 14 aromatic rings. The number of para-hydroxylation sites is 1. The molecule has 4 heterocycles. The van der Waals surface area contributed by atoms with Gasteiger partial charge in [0, 0.05) is 49.6 Å².